The van der Waals surface area contributed by atoms with Crippen LogP contribution in [0.25, 0.3) is 11.1 Å². The summed E-state index contributed by atoms with van der Waals surface area (Å²) in [7, 11) is 2.22. The highest BCUT2D eigenvalue weighted by molar-refractivity contribution is 5.77. The summed E-state index contributed by atoms with van der Waals surface area (Å²) >= 11 is 0. The number of benzene rings is 1. The van der Waals surface area contributed by atoms with Crippen molar-refractivity contribution in [1.82, 2.24) is 4.98 Å². The quantitative estimate of drug-likeness (QED) is 0.375. The summed E-state index contributed by atoms with van der Waals surface area (Å²) in [6.07, 6.45) is 1.95. The zero-order valence-corrected chi connectivity index (χ0v) is 12.6. The Labute approximate surface area is 128 Å². The topological polar surface area (TPSA) is 72.4 Å². The summed E-state index contributed by atoms with van der Waals surface area (Å²) in [4.78, 5) is 16.9. The number of oxazole rings is 1. The Kier molecular flexibility index (Phi) is 3.58. The van der Waals surface area contributed by atoms with Crippen LogP contribution < -0.4 is 4.90 Å². The van der Waals surface area contributed by atoms with E-state index in [2.05, 4.69) is 23.5 Å². The lowest BCUT2D eigenvalue weighted by Gasteiger charge is -2.40. The minimum atomic E-state index is -0.430. The molecule has 0 bridgehead atoms. The third-order valence-corrected chi connectivity index (χ3v) is 4.23. The third-order valence-electron chi connectivity index (χ3n) is 4.23. The van der Waals surface area contributed by atoms with Crippen molar-refractivity contribution in [2.24, 2.45) is 0 Å². The first-order valence-corrected chi connectivity index (χ1v) is 7.25. The van der Waals surface area contributed by atoms with Gasteiger partial charge in [-0.25, -0.2) is 0 Å². The van der Waals surface area contributed by atoms with Gasteiger partial charge in [-0.05, 0) is 12.1 Å². The molecule has 3 rings (SSSR count). The average molecular weight is 303 g/mol. The van der Waals surface area contributed by atoms with Crippen LogP contribution in [0.3, 0.4) is 0 Å². The summed E-state index contributed by atoms with van der Waals surface area (Å²) in [5.41, 5.74) is 1.12. The van der Waals surface area contributed by atoms with Gasteiger partial charge in [0.1, 0.15) is 5.52 Å². The number of aromatic nitrogens is 1. The molecule has 2 heterocycles. The second kappa shape index (κ2) is 5.42. The molecule has 0 unspecified atom stereocenters. The molecule has 1 aliphatic heterocycles. The number of nitro benzene ring substituents is 1. The van der Waals surface area contributed by atoms with Gasteiger partial charge in [0.2, 0.25) is 0 Å². The number of nitrogens with zero attached hydrogens (tertiary/aromatic N) is 4. The average Bonchev–Trinajstić information content (AvgIpc) is 2.90. The lowest BCUT2D eigenvalue weighted by atomic mass is 10.2. The zero-order chi connectivity index (χ0) is 15.7. The van der Waals surface area contributed by atoms with Gasteiger partial charge in [0.05, 0.1) is 50.8 Å². The molecule has 7 nitrogen and oxygen atoms in total. The standard InChI is InChI=1S/C15H19N4O3/c1-3-8-19(2)9-6-17(7-10-19)15-16-13-5-4-12(18(20)21)11-14(13)22-15/h3-5,11H,1,6-10H2,2H3/q+1. The van der Waals surface area contributed by atoms with Gasteiger partial charge < -0.3 is 13.8 Å². The number of nitro groups is 1. The van der Waals surface area contributed by atoms with Crippen LogP contribution in [-0.4, -0.2) is 54.2 Å². The fourth-order valence-corrected chi connectivity index (χ4v) is 2.78. The van der Waals surface area contributed by atoms with Gasteiger partial charge in [-0.2, -0.15) is 4.98 Å². The van der Waals surface area contributed by atoms with Gasteiger partial charge >= 0.3 is 0 Å². The van der Waals surface area contributed by atoms with E-state index in [4.69, 9.17) is 4.42 Å². The number of quaternary nitrogens is 1. The minimum Gasteiger partial charge on any atom is -0.423 e. The Morgan fingerprint density at radius 2 is 2.23 bits per heavy atom. The molecule has 2 aromatic rings. The van der Waals surface area contributed by atoms with Gasteiger partial charge in [-0.1, -0.05) is 6.58 Å². The molecule has 7 heteroatoms. The monoisotopic (exact) mass is 303 g/mol. The molecule has 1 fully saturated rings. The smallest absolute Gasteiger partial charge is 0.298 e. The second-order valence-electron chi connectivity index (χ2n) is 5.93. The van der Waals surface area contributed by atoms with E-state index < -0.39 is 4.92 Å². The van der Waals surface area contributed by atoms with Gasteiger partial charge in [-0.3, -0.25) is 10.1 Å². The van der Waals surface area contributed by atoms with Crippen molar-refractivity contribution in [2.45, 2.75) is 0 Å². The number of likely N-dealkylation sites (N-methyl/N-ethyl adjacent to an activating group) is 1. The van der Waals surface area contributed by atoms with Crippen LogP contribution in [-0.2, 0) is 0 Å². The Hall–Kier alpha value is -2.41. The second-order valence-corrected chi connectivity index (χ2v) is 5.93. The van der Waals surface area contributed by atoms with E-state index in [1.165, 1.54) is 12.1 Å². The molecular formula is C15H19N4O3+. The molecule has 116 valence electrons. The number of non-ortho nitro benzene ring substituents is 1. The zero-order valence-electron chi connectivity index (χ0n) is 12.6. The third kappa shape index (κ3) is 2.67. The van der Waals surface area contributed by atoms with E-state index in [-0.39, 0.29) is 5.69 Å². The highest BCUT2D eigenvalue weighted by Gasteiger charge is 2.29. The Bertz CT molecular complexity index is 717. The number of piperazine rings is 1. The molecule has 1 aliphatic rings. The molecule has 0 amide bonds. The molecule has 1 aromatic heterocycles. The fraction of sp³-hybridized carbons (Fsp3) is 0.400. The van der Waals surface area contributed by atoms with E-state index >= 15 is 0 Å². The van der Waals surface area contributed by atoms with E-state index in [0.717, 1.165) is 37.2 Å². The number of hydrogen-bond donors (Lipinski definition) is 0. The van der Waals surface area contributed by atoms with Crippen molar-refractivity contribution in [1.29, 1.82) is 0 Å². The summed E-state index contributed by atoms with van der Waals surface area (Å²) < 4.78 is 6.67. The maximum Gasteiger partial charge on any atom is 0.298 e. The summed E-state index contributed by atoms with van der Waals surface area (Å²) in [5, 5.41) is 10.8. The molecule has 0 aliphatic carbocycles. The Morgan fingerprint density at radius 1 is 1.50 bits per heavy atom. The molecule has 0 radical (unpaired) electrons. The highest BCUT2D eigenvalue weighted by Crippen LogP contribution is 2.26. The number of rotatable bonds is 4. The van der Waals surface area contributed by atoms with Crippen molar-refractivity contribution in [3.63, 3.8) is 0 Å². The van der Waals surface area contributed by atoms with Crippen LogP contribution in [0.1, 0.15) is 0 Å². The SMILES string of the molecule is C=CC[N+]1(C)CCN(c2nc3ccc([N+](=O)[O-])cc3o2)CC1. The van der Waals surface area contributed by atoms with Crippen LogP contribution in [0.15, 0.2) is 35.3 Å². The van der Waals surface area contributed by atoms with Crippen LogP contribution in [0.4, 0.5) is 11.7 Å². The first-order valence-electron chi connectivity index (χ1n) is 7.25. The molecule has 0 N–H and O–H groups in total. The van der Waals surface area contributed by atoms with Crippen molar-refractivity contribution in [2.75, 3.05) is 44.7 Å². The van der Waals surface area contributed by atoms with Crippen LogP contribution in [0.2, 0.25) is 0 Å². The van der Waals surface area contributed by atoms with E-state index in [1.807, 2.05) is 6.08 Å². The summed E-state index contributed by atoms with van der Waals surface area (Å²) in [6.45, 7) is 8.44. The Balaban J connectivity index is 1.80. The van der Waals surface area contributed by atoms with E-state index in [9.17, 15) is 10.1 Å². The predicted octanol–water partition coefficient (Wildman–Crippen LogP) is 2.19. The fourth-order valence-electron chi connectivity index (χ4n) is 2.78. The summed E-state index contributed by atoms with van der Waals surface area (Å²) in [6, 6.07) is 5.04. The first kappa shape index (κ1) is 14.5. The normalized spacial score (nSPS) is 17.6. The maximum atomic E-state index is 10.8. The Morgan fingerprint density at radius 3 is 2.86 bits per heavy atom. The number of hydrogen-bond acceptors (Lipinski definition) is 5. The van der Waals surface area contributed by atoms with Crippen molar-refractivity contribution < 1.29 is 13.8 Å². The van der Waals surface area contributed by atoms with E-state index in [0.29, 0.717) is 17.1 Å². The maximum absolute atomic E-state index is 10.8. The van der Waals surface area contributed by atoms with Gasteiger partial charge in [0.15, 0.2) is 5.58 Å². The van der Waals surface area contributed by atoms with Crippen molar-refractivity contribution >= 4 is 22.8 Å². The molecule has 22 heavy (non-hydrogen) atoms. The number of fused-ring (bicyclic) bond motifs is 1. The molecule has 1 aromatic carbocycles. The van der Waals surface area contributed by atoms with Crippen molar-refractivity contribution in [3.05, 3.63) is 41.0 Å². The number of anilines is 1. The molecule has 0 saturated carbocycles. The van der Waals surface area contributed by atoms with E-state index in [1.54, 1.807) is 6.07 Å². The van der Waals surface area contributed by atoms with Crippen LogP contribution in [0.5, 0.6) is 0 Å². The predicted molar refractivity (Wildman–Crippen MR) is 83.9 cm³/mol. The molecule has 0 atom stereocenters. The van der Waals surface area contributed by atoms with Crippen LogP contribution >= 0.6 is 0 Å². The highest BCUT2D eigenvalue weighted by atomic mass is 16.6. The van der Waals surface area contributed by atoms with Crippen molar-refractivity contribution in [3.8, 4) is 0 Å². The minimum absolute atomic E-state index is 0.0177. The molecular weight excluding hydrogens is 284 g/mol. The van der Waals surface area contributed by atoms with Gasteiger partial charge in [0.25, 0.3) is 11.7 Å². The van der Waals surface area contributed by atoms with Crippen LogP contribution in [0, 0.1) is 10.1 Å². The summed E-state index contributed by atoms with van der Waals surface area (Å²) in [5.74, 6) is 0. The van der Waals surface area contributed by atoms with Gasteiger partial charge in [0, 0.05) is 6.07 Å². The lowest BCUT2D eigenvalue weighted by molar-refractivity contribution is -0.904. The largest absolute Gasteiger partial charge is 0.423 e. The molecule has 0 spiro atoms. The first-order chi connectivity index (χ1) is 10.5. The molecule has 1 saturated heterocycles. The lowest BCUT2D eigenvalue weighted by Crippen LogP contribution is -2.57. The van der Waals surface area contributed by atoms with Gasteiger partial charge in [-0.15, -0.1) is 0 Å².